The molecule has 29 heavy (non-hydrogen) atoms. The van der Waals surface area contributed by atoms with Gasteiger partial charge >= 0.3 is 5.95 Å². The molecule has 5 nitrogen and oxygen atoms in total. The smallest absolute Gasteiger partial charge is 0.337 e. The van der Waals surface area contributed by atoms with Crippen LogP contribution in [0.4, 0.5) is 5.69 Å². The molecular formula is C23H22N2O3S. The first-order valence-electron chi connectivity index (χ1n) is 9.30. The standard InChI is InChI=1S/C23H22N2O3S/c1-23(2,3)27-22(28-26)21-19(20(25-29-21)16-10-5-4-6-11-16)18-14-13-15-9-7-8-12-17(15)24-18/h4-14,24,26H,1-3H3. The molecule has 0 saturated carbocycles. The number of hydrogen-bond acceptors (Lipinski definition) is 6. The van der Waals surface area contributed by atoms with Crippen LogP contribution in [0, 0.1) is 0 Å². The normalized spacial score (nSPS) is 16.0. The minimum Gasteiger partial charge on any atom is -0.457 e. The Morgan fingerprint density at radius 1 is 1.00 bits per heavy atom. The zero-order valence-corrected chi connectivity index (χ0v) is 17.3. The molecule has 0 amide bonds. The average molecular weight is 407 g/mol. The first kappa shape index (κ1) is 19.2. The van der Waals surface area contributed by atoms with Gasteiger partial charge < -0.3 is 10.1 Å². The summed E-state index contributed by atoms with van der Waals surface area (Å²) in [7, 11) is 0. The van der Waals surface area contributed by atoms with Gasteiger partial charge in [0.2, 0.25) is 0 Å². The van der Waals surface area contributed by atoms with Crippen molar-refractivity contribution in [3.05, 3.63) is 76.0 Å². The van der Waals surface area contributed by atoms with E-state index in [1.165, 1.54) is 11.5 Å². The van der Waals surface area contributed by atoms with E-state index < -0.39 is 5.60 Å². The lowest BCUT2D eigenvalue weighted by Crippen LogP contribution is -2.32. The summed E-state index contributed by atoms with van der Waals surface area (Å²) in [6.45, 7) is 5.69. The van der Waals surface area contributed by atoms with Crippen molar-refractivity contribution >= 4 is 34.9 Å². The Labute approximate surface area is 173 Å². The molecule has 0 unspecified atom stereocenters. The summed E-state index contributed by atoms with van der Waals surface area (Å²) >= 11 is 1.23. The van der Waals surface area contributed by atoms with Crippen LogP contribution in [0.2, 0.25) is 0 Å². The molecule has 3 aromatic rings. The third kappa shape index (κ3) is 4.04. The highest BCUT2D eigenvalue weighted by Crippen LogP contribution is 2.25. The van der Waals surface area contributed by atoms with Gasteiger partial charge in [-0.1, -0.05) is 54.6 Å². The Morgan fingerprint density at radius 3 is 2.45 bits per heavy atom. The van der Waals surface area contributed by atoms with Crippen molar-refractivity contribution in [1.82, 2.24) is 4.37 Å². The van der Waals surface area contributed by atoms with Crippen LogP contribution in [0.1, 0.15) is 26.3 Å². The summed E-state index contributed by atoms with van der Waals surface area (Å²) < 4.78 is 11.2. The molecule has 1 aromatic heterocycles. The van der Waals surface area contributed by atoms with Gasteiger partial charge in [-0.3, -0.25) is 4.89 Å². The van der Waals surface area contributed by atoms with E-state index in [0.29, 0.717) is 4.53 Å². The number of hydrogen-bond donors (Lipinski definition) is 2. The summed E-state index contributed by atoms with van der Waals surface area (Å²) in [5.74, 6) is 0.0359. The molecule has 0 radical (unpaired) electrons. The third-order valence-corrected chi connectivity index (χ3v) is 5.16. The van der Waals surface area contributed by atoms with E-state index >= 15 is 0 Å². The lowest BCUT2D eigenvalue weighted by Gasteiger charge is -2.20. The fourth-order valence-corrected chi connectivity index (χ4v) is 3.95. The zero-order valence-electron chi connectivity index (χ0n) is 16.5. The molecule has 6 heteroatoms. The summed E-state index contributed by atoms with van der Waals surface area (Å²) in [6, 6.07) is 18.0. The van der Waals surface area contributed by atoms with E-state index in [4.69, 9.17) is 4.74 Å². The maximum atomic E-state index is 9.57. The van der Waals surface area contributed by atoms with Crippen LogP contribution in [-0.4, -0.2) is 15.2 Å². The van der Waals surface area contributed by atoms with Crippen LogP contribution in [0.3, 0.4) is 0 Å². The van der Waals surface area contributed by atoms with Crippen molar-refractivity contribution in [2.45, 2.75) is 26.4 Å². The van der Waals surface area contributed by atoms with Gasteiger partial charge in [-0.25, -0.2) is 0 Å². The molecule has 2 aromatic carbocycles. The first-order valence-corrected chi connectivity index (χ1v) is 10.1. The first-order chi connectivity index (χ1) is 14.0. The third-order valence-electron chi connectivity index (χ3n) is 4.34. The summed E-state index contributed by atoms with van der Waals surface area (Å²) in [5, 5.41) is 13.9. The molecule has 0 spiro atoms. The van der Waals surface area contributed by atoms with Crippen molar-refractivity contribution in [2.24, 2.45) is 0 Å². The molecule has 2 N–H and O–H groups in total. The van der Waals surface area contributed by atoms with Crippen LogP contribution < -0.4 is 15.1 Å². The maximum absolute atomic E-state index is 9.57. The quantitative estimate of drug-likeness (QED) is 0.498. The van der Waals surface area contributed by atoms with Gasteiger partial charge in [-0.15, -0.1) is 0 Å². The topological polar surface area (TPSA) is 63.6 Å². The van der Waals surface area contributed by atoms with Gasteiger partial charge in [0.25, 0.3) is 0 Å². The van der Waals surface area contributed by atoms with E-state index in [-0.39, 0.29) is 5.95 Å². The highest BCUT2D eigenvalue weighted by molar-refractivity contribution is 7.03. The molecule has 0 fully saturated rings. The largest absolute Gasteiger partial charge is 0.457 e. The van der Waals surface area contributed by atoms with Crippen molar-refractivity contribution in [3.8, 4) is 11.3 Å². The minimum atomic E-state index is -0.542. The number of benzene rings is 2. The van der Waals surface area contributed by atoms with Gasteiger partial charge in [0.1, 0.15) is 10.1 Å². The molecule has 148 valence electrons. The van der Waals surface area contributed by atoms with E-state index in [0.717, 1.165) is 33.4 Å². The van der Waals surface area contributed by atoms with Crippen LogP contribution in [0.5, 0.6) is 0 Å². The van der Waals surface area contributed by atoms with Crippen molar-refractivity contribution in [1.29, 1.82) is 0 Å². The Bertz CT molecular complexity index is 1170. The number of ether oxygens (including phenoxy) is 1. The molecule has 0 aliphatic carbocycles. The predicted molar refractivity (Wildman–Crippen MR) is 117 cm³/mol. The van der Waals surface area contributed by atoms with E-state index in [9.17, 15) is 5.26 Å². The number of nitrogens with zero attached hydrogens (tertiary/aromatic N) is 1. The van der Waals surface area contributed by atoms with Crippen LogP contribution in [-0.2, 0) is 9.62 Å². The summed E-state index contributed by atoms with van der Waals surface area (Å²) in [4.78, 5) is 4.66. The Balaban J connectivity index is 2.03. The van der Waals surface area contributed by atoms with E-state index in [1.54, 1.807) is 0 Å². The van der Waals surface area contributed by atoms with Gasteiger partial charge in [0.05, 0.1) is 10.9 Å². The molecule has 0 bridgehead atoms. The van der Waals surface area contributed by atoms with Gasteiger partial charge in [-0.05, 0) is 50.0 Å². The molecule has 1 aliphatic heterocycles. The Kier molecular flexibility index (Phi) is 5.13. The number of aromatic nitrogens is 1. The highest BCUT2D eigenvalue weighted by Gasteiger charge is 2.20. The number of anilines is 1. The van der Waals surface area contributed by atoms with Crippen molar-refractivity contribution in [3.63, 3.8) is 0 Å². The van der Waals surface area contributed by atoms with E-state index in [1.807, 2.05) is 75.4 Å². The number of nitrogens with one attached hydrogen (secondary N) is 1. The van der Waals surface area contributed by atoms with Crippen LogP contribution in [0.15, 0.2) is 60.7 Å². The molecule has 2 heterocycles. The summed E-state index contributed by atoms with van der Waals surface area (Å²) in [6.07, 6.45) is 4.07. The second kappa shape index (κ2) is 7.73. The number of para-hydroxylation sites is 1. The fourth-order valence-electron chi connectivity index (χ4n) is 3.12. The minimum absolute atomic E-state index is 0.0359. The Hall–Kier alpha value is -3.09. The monoisotopic (exact) mass is 406 g/mol. The average Bonchev–Trinajstić information content (AvgIpc) is 3.16. The Morgan fingerprint density at radius 2 is 1.72 bits per heavy atom. The SMILES string of the molecule is CC(C)(C)OC(OO)=c1snc(-c2ccccc2)c1=C1C=Cc2ccccc2N1. The molecule has 0 saturated heterocycles. The highest BCUT2D eigenvalue weighted by atomic mass is 32.1. The van der Waals surface area contributed by atoms with E-state index in [2.05, 4.69) is 26.7 Å². The molecule has 1 aliphatic rings. The maximum Gasteiger partial charge on any atom is 0.337 e. The molecule has 0 atom stereocenters. The van der Waals surface area contributed by atoms with Crippen molar-refractivity contribution in [2.75, 3.05) is 5.32 Å². The molecular weight excluding hydrogens is 384 g/mol. The fraction of sp³-hybridized carbons (Fsp3) is 0.174. The van der Waals surface area contributed by atoms with Gasteiger partial charge in [0.15, 0.2) is 0 Å². The second-order valence-corrected chi connectivity index (χ2v) is 8.43. The lowest BCUT2D eigenvalue weighted by molar-refractivity contribution is -0.211. The van der Waals surface area contributed by atoms with Crippen LogP contribution in [0.25, 0.3) is 29.0 Å². The number of fused-ring (bicyclic) bond motifs is 1. The predicted octanol–water partition coefficient (Wildman–Crippen LogP) is 4.43. The zero-order chi connectivity index (χ0) is 20.4. The van der Waals surface area contributed by atoms with Gasteiger partial charge in [-0.2, -0.15) is 9.63 Å². The summed E-state index contributed by atoms with van der Waals surface area (Å²) in [5.41, 5.74) is 4.20. The second-order valence-electron chi connectivity index (χ2n) is 7.65. The number of rotatable bonds is 3. The van der Waals surface area contributed by atoms with Crippen LogP contribution >= 0.6 is 11.5 Å². The van der Waals surface area contributed by atoms with Gasteiger partial charge in [0, 0.05) is 16.9 Å². The lowest BCUT2D eigenvalue weighted by atomic mass is 10.0. The molecule has 4 rings (SSSR count). The van der Waals surface area contributed by atoms with Crippen molar-refractivity contribution < 1.29 is 14.9 Å².